The molecule has 1 unspecified atom stereocenters. The molecule has 30 heavy (non-hydrogen) atoms. The number of carbonyl (C=O) groups is 2. The van der Waals surface area contributed by atoms with Crippen LogP contribution in [0, 0.1) is 6.92 Å². The summed E-state index contributed by atoms with van der Waals surface area (Å²) >= 11 is 11.9. The maximum absolute atomic E-state index is 13.0. The second-order valence-electron chi connectivity index (χ2n) is 7.07. The zero-order chi connectivity index (χ0) is 21.4. The first kappa shape index (κ1) is 20.2. The van der Waals surface area contributed by atoms with Gasteiger partial charge in [-0.25, -0.2) is 0 Å². The van der Waals surface area contributed by atoms with Crippen molar-refractivity contribution in [1.29, 1.82) is 0 Å². The average molecular weight is 438 g/mol. The van der Waals surface area contributed by atoms with Crippen LogP contribution in [0.2, 0.25) is 10.0 Å². The van der Waals surface area contributed by atoms with Gasteiger partial charge in [0.2, 0.25) is 0 Å². The Labute approximate surface area is 184 Å². The molecule has 1 amide bonds. The molecule has 4 nitrogen and oxygen atoms in total. The summed E-state index contributed by atoms with van der Waals surface area (Å²) in [5, 5.41) is 12.0. The Morgan fingerprint density at radius 2 is 1.50 bits per heavy atom. The minimum Gasteiger partial charge on any atom is -0.507 e. The smallest absolute Gasteiger partial charge is 0.300 e. The van der Waals surface area contributed by atoms with Crippen LogP contribution in [0.4, 0.5) is 5.69 Å². The number of anilines is 1. The molecule has 1 atom stereocenters. The number of ketones is 1. The minimum absolute atomic E-state index is 0.0304. The Hall–Kier alpha value is -3.08. The fraction of sp³-hybridized carbons (Fsp3) is 0.0833. The molecule has 0 bridgehead atoms. The van der Waals surface area contributed by atoms with E-state index in [0.717, 1.165) is 11.1 Å². The highest BCUT2D eigenvalue weighted by molar-refractivity contribution is 6.51. The van der Waals surface area contributed by atoms with Crippen LogP contribution in [0.25, 0.3) is 5.76 Å². The van der Waals surface area contributed by atoms with E-state index in [1.807, 2.05) is 31.2 Å². The maximum Gasteiger partial charge on any atom is 0.300 e. The molecule has 4 rings (SSSR count). The summed E-state index contributed by atoms with van der Waals surface area (Å²) < 4.78 is 0. The first-order valence-electron chi connectivity index (χ1n) is 9.26. The number of amides is 1. The van der Waals surface area contributed by atoms with Crippen LogP contribution in [0.1, 0.15) is 22.7 Å². The van der Waals surface area contributed by atoms with Crippen LogP contribution in [0.15, 0.2) is 78.4 Å². The third-order valence-corrected chi connectivity index (χ3v) is 5.53. The molecule has 3 aromatic rings. The summed E-state index contributed by atoms with van der Waals surface area (Å²) in [6.07, 6.45) is 0. The van der Waals surface area contributed by atoms with E-state index in [1.165, 1.54) is 4.90 Å². The number of benzene rings is 3. The molecule has 0 aliphatic carbocycles. The number of hydrogen-bond acceptors (Lipinski definition) is 3. The monoisotopic (exact) mass is 437 g/mol. The quantitative estimate of drug-likeness (QED) is 0.313. The molecular weight excluding hydrogens is 421 g/mol. The predicted octanol–water partition coefficient (Wildman–Crippen LogP) is 5.93. The van der Waals surface area contributed by atoms with Crippen molar-refractivity contribution < 1.29 is 14.7 Å². The van der Waals surface area contributed by atoms with Crippen molar-refractivity contribution in [1.82, 2.24) is 0 Å². The molecule has 0 aromatic heterocycles. The van der Waals surface area contributed by atoms with E-state index in [4.69, 9.17) is 23.2 Å². The standard InChI is InChI=1S/C24H17Cl2NO3/c1-14-3-2-4-16(13-14)21-20(22(28)15-5-7-17(25)8-6-15)23(29)24(30)27(21)19-11-9-18(26)10-12-19/h2-13,21,28H,1H3/b22-20-. The number of aryl methyl sites for hydroxylation is 1. The normalized spacial score (nSPS) is 18.1. The van der Waals surface area contributed by atoms with E-state index < -0.39 is 17.7 Å². The van der Waals surface area contributed by atoms with Crippen LogP contribution in [-0.4, -0.2) is 16.8 Å². The van der Waals surface area contributed by atoms with Crippen molar-refractivity contribution in [2.45, 2.75) is 13.0 Å². The Kier molecular flexibility index (Phi) is 5.37. The molecule has 150 valence electrons. The molecule has 0 spiro atoms. The van der Waals surface area contributed by atoms with Crippen LogP contribution in [0.5, 0.6) is 0 Å². The predicted molar refractivity (Wildman–Crippen MR) is 119 cm³/mol. The zero-order valence-electron chi connectivity index (χ0n) is 16.0. The topological polar surface area (TPSA) is 57.6 Å². The van der Waals surface area contributed by atoms with Crippen LogP contribution in [0.3, 0.4) is 0 Å². The maximum atomic E-state index is 13.0. The van der Waals surface area contributed by atoms with E-state index >= 15 is 0 Å². The lowest BCUT2D eigenvalue weighted by molar-refractivity contribution is -0.132. The molecule has 1 saturated heterocycles. The first-order chi connectivity index (χ1) is 14.4. The van der Waals surface area contributed by atoms with Gasteiger partial charge in [-0.2, -0.15) is 0 Å². The number of hydrogen-bond donors (Lipinski definition) is 1. The second kappa shape index (κ2) is 7.98. The molecule has 0 saturated carbocycles. The zero-order valence-corrected chi connectivity index (χ0v) is 17.5. The van der Waals surface area contributed by atoms with Gasteiger partial charge in [-0.15, -0.1) is 0 Å². The van der Waals surface area contributed by atoms with Gasteiger partial charge in [-0.05, 0) is 61.0 Å². The fourth-order valence-electron chi connectivity index (χ4n) is 3.62. The lowest BCUT2D eigenvalue weighted by Gasteiger charge is -2.25. The van der Waals surface area contributed by atoms with Crippen molar-refractivity contribution in [3.05, 3.63) is 105 Å². The largest absolute Gasteiger partial charge is 0.507 e. The Morgan fingerprint density at radius 1 is 0.900 bits per heavy atom. The highest BCUT2D eigenvalue weighted by Crippen LogP contribution is 2.42. The molecule has 1 heterocycles. The summed E-state index contributed by atoms with van der Waals surface area (Å²) in [7, 11) is 0. The van der Waals surface area contributed by atoms with Crippen LogP contribution in [-0.2, 0) is 9.59 Å². The highest BCUT2D eigenvalue weighted by Gasteiger charge is 2.46. The second-order valence-corrected chi connectivity index (χ2v) is 7.94. The van der Waals surface area contributed by atoms with Gasteiger partial charge in [0.1, 0.15) is 5.76 Å². The van der Waals surface area contributed by atoms with E-state index in [2.05, 4.69) is 0 Å². The van der Waals surface area contributed by atoms with Crippen molar-refractivity contribution in [2.75, 3.05) is 4.90 Å². The summed E-state index contributed by atoms with van der Waals surface area (Å²) in [5.74, 6) is -1.70. The Balaban J connectivity index is 1.95. The van der Waals surface area contributed by atoms with E-state index in [-0.39, 0.29) is 11.3 Å². The first-order valence-corrected chi connectivity index (χ1v) is 10.0. The molecule has 3 aromatic carbocycles. The van der Waals surface area contributed by atoms with E-state index in [1.54, 1.807) is 48.5 Å². The SMILES string of the molecule is Cc1cccc(C2/C(=C(/O)c3ccc(Cl)cc3)C(=O)C(=O)N2c2ccc(Cl)cc2)c1. The van der Waals surface area contributed by atoms with Gasteiger partial charge in [0.25, 0.3) is 11.7 Å². The van der Waals surface area contributed by atoms with E-state index in [0.29, 0.717) is 21.3 Å². The fourth-order valence-corrected chi connectivity index (χ4v) is 3.87. The lowest BCUT2D eigenvalue weighted by Crippen LogP contribution is -2.29. The number of carbonyl (C=O) groups excluding carboxylic acids is 2. The van der Waals surface area contributed by atoms with Gasteiger partial charge >= 0.3 is 0 Å². The number of nitrogens with zero attached hydrogens (tertiary/aromatic N) is 1. The highest BCUT2D eigenvalue weighted by atomic mass is 35.5. The summed E-state index contributed by atoms with van der Waals surface area (Å²) in [6.45, 7) is 1.93. The third kappa shape index (κ3) is 3.60. The Bertz CT molecular complexity index is 1170. The molecule has 6 heteroatoms. The number of aliphatic hydroxyl groups excluding tert-OH is 1. The van der Waals surface area contributed by atoms with Crippen molar-refractivity contribution in [3.63, 3.8) is 0 Å². The summed E-state index contributed by atoms with van der Waals surface area (Å²) in [4.78, 5) is 27.5. The third-order valence-electron chi connectivity index (χ3n) is 5.02. The molecule has 1 aliphatic rings. The molecular formula is C24H17Cl2NO3. The number of rotatable bonds is 3. The van der Waals surface area contributed by atoms with Gasteiger partial charge in [-0.3, -0.25) is 14.5 Å². The Morgan fingerprint density at radius 3 is 2.10 bits per heavy atom. The van der Waals surface area contributed by atoms with Gasteiger partial charge in [-0.1, -0.05) is 53.0 Å². The van der Waals surface area contributed by atoms with Crippen LogP contribution >= 0.6 is 23.2 Å². The summed E-state index contributed by atoms with van der Waals surface area (Å²) in [6, 6.07) is 19.9. The number of Topliss-reactive ketones (excluding diaryl/α,β-unsaturated/α-hetero) is 1. The lowest BCUT2D eigenvalue weighted by atomic mass is 9.94. The number of aliphatic hydroxyl groups is 1. The van der Waals surface area contributed by atoms with Crippen molar-refractivity contribution in [2.24, 2.45) is 0 Å². The van der Waals surface area contributed by atoms with Crippen molar-refractivity contribution in [3.8, 4) is 0 Å². The average Bonchev–Trinajstić information content (AvgIpc) is 3.00. The molecule has 1 N–H and O–H groups in total. The van der Waals surface area contributed by atoms with Gasteiger partial charge < -0.3 is 5.11 Å². The molecule has 1 fully saturated rings. The van der Waals surface area contributed by atoms with Gasteiger partial charge in [0.15, 0.2) is 0 Å². The van der Waals surface area contributed by atoms with E-state index in [9.17, 15) is 14.7 Å². The minimum atomic E-state index is -0.776. The van der Waals surface area contributed by atoms with Gasteiger partial charge in [0.05, 0.1) is 11.6 Å². The molecule has 1 aliphatic heterocycles. The summed E-state index contributed by atoms with van der Waals surface area (Å²) in [5.41, 5.74) is 2.65. The number of halogens is 2. The van der Waals surface area contributed by atoms with Crippen LogP contribution < -0.4 is 4.90 Å². The molecule has 0 radical (unpaired) electrons. The van der Waals surface area contributed by atoms with Gasteiger partial charge in [0, 0.05) is 21.3 Å². The van der Waals surface area contributed by atoms with Crippen molar-refractivity contribution >= 4 is 46.3 Å².